The van der Waals surface area contributed by atoms with Crippen LogP contribution in [0.4, 0.5) is 28.0 Å². The van der Waals surface area contributed by atoms with Crippen LogP contribution in [-0.2, 0) is 15.7 Å². The Hall–Kier alpha value is -3.57. The number of pyridine rings is 1. The molecule has 2 aromatic rings. The van der Waals surface area contributed by atoms with Crippen LogP contribution in [0.25, 0.3) is 0 Å². The Bertz CT molecular complexity index is 1140. The van der Waals surface area contributed by atoms with E-state index in [0.29, 0.717) is 25.9 Å². The van der Waals surface area contributed by atoms with Crippen molar-refractivity contribution in [3.8, 4) is 11.6 Å². The van der Waals surface area contributed by atoms with E-state index in [1.165, 1.54) is 0 Å². The van der Waals surface area contributed by atoms with Crippen molar-refractivity contribution in [1.82, 2.24) is 9.88 Å². The van der Waals surface area contributed by atoms with Gasteiger partial charge < -0.3 is 24.0 Å². The molecular formula is C25H29F4N3O5. The number of esters is 1. The van der Waals surface area contributed by atoms with Gasteiger partial charge in [-0.2, -0.15) is 13.2 Å². The second kappa shape index (κ2) is 10.8. The minimum absolute atomic E-state index is 0.0968. The Labute approximate surface area is 212 Å². The first-order valence-corrected chi connectivity index (χ1v) is 11.5. The van der Waals surface area contributed by atoms with E-state index in [2.05, 4.69) is 4.98 Å². The summed E-state index contributed by atoms with van der Waals surface area (Å²) < 4.78 is 70.4. The quantitative estimate of drug-likeness (QED) is 0.367. The van der Waals surface area contributed by atoms with Crippen LogP contribution < -0.4 is 9.64 Å². The number of benzene rings is 1. The minimum atomic E-state index is -4.78. The first kappa shape index (κ1) is 28.0. The topological polar surface area (TPSA) is 81.2 Å². The van der Waals surface area contributed by atoms with Crippen LogP contribution in [0.3, 0.4) is 0 Å². The van der Waals surface area contributed by atoms with Gasteiger partial charge in [0.1, 0.15) is 11.2 Å². The molecule has 12 heteroatoms. The summed E-state index contributed by atoms with van der Waals surface area (Å²) >= 11 is 0. The molecule has 0 unspecified atom stereocenters. The zero-order valence-electron chi connectivity index (χ0n) is 21.2. The van der Waals surface area contributed by atoms with Crippen molar-refractivity contribution in [2.75, 3.05) is 32.1 Å². The van der Waals surface area contributed by atoms with Crippen LogP contribution in [0, 0.1) is 5.82 Å². The number of piperidine rings is 1. The average Bonchev–Trinajstić information content (AvgIpc) is 2.82. The van der Waals surface area contributed by atoms with Crippen LogP contribution in [0.5, 0.6) is 11.6 Å². The number of halogens is 4. The van der Waals surface area contributed by atoms with Gasteiger partial charge >= 0.3 is 18.2 Å². The maximum Gasteiger partial charge on any atom is 0.421 e. The number of aromatic nitrogens is 1. The molecule has 0 radical (unpaired) electrons. The first-order valence-electron chi connectivity index (χ1n) is 11.5. The number of carbonyl (C=O) groups excluding carboxylic acids is 2. The van der Waals surface area contributed by atoms with Crippen LogP contribution in [0.2, 0.25) is 0 Å². The molecule has 1 fully saturated rings. The number of anilines is 1. The molecule has 2 heterocycles. The molecule has 0 N–H and O–H groups in total. The number of nitrogens with zero attached hydrogens (tertiary/aromatic N) is 3. The first-order chi connectivity index (χ1) is 17.2. The van der Waals surface area contributed by atoms with E-state index < -0.39 is 46.9 Å². The lowest BCUT2D eigenvalue weighted by Gasteiger charge is -2.38. The Morgan fingerprint density at radius 2 is 1.78 bits per heavy atom. The summed E-state index contributed by atoms with van der Waals surface area (Å²) in [4.78, 5) is 31.7. The third-order valence-electron chi connectivity index (χ3n) is 5.78. The van der Waals surface area contributed by atoms with E-state index in [1.54, 1.807) is 37.6 Å². The largest absolute Gasteiger partial charge is 0.465 e. The zero-order chi connectivity index (χ0) is 27.5. The number of carbonyl (C=O) groups is 2. The predicted octanol–water partition coefficient (Wildman–Crippen LogP) is 5.65. The molecule has 0 spiro atoms. The molecular weight excluding hydrogens is 498 g/mol. The number of hydrogen-bond acceptors (Lipinski definition) is 7. The van der Waals surface area contributed by atoms with Crippen LogP contribution in [0.1, 0.15) is 49.5 Å². The van der Waals surface area contributed by atoms with Crippen molar-refractivity contribution >= 4 is 17.7 Å². The van der Waals surface area contributed by atoms with E-state index in [0.717, 1.165) is 37.6 Å². The third kappa shape index (κ3) is 6.80. The molecule has 1 aliphatic heterocycles. The Morgan fingerprint density at radius 1 is 1.14 bits per heavy atom. The fourth-order valence-electron chi connectivity index (χ4n) is 3.94. The normalized spacial score (nSPS) is 14.8. The molecule has 1 amide bonds. The van der Waals surface area contributed by atoms with E-state index in [1.807, 2.05) is 0 Å². The van der Waals surface area contributed by atoms with Gasteiger partial charge in [0.05, 0.1) is 18.4 Å². The summed E-state index contributed by atoms with van der Waals surface area (Å²) in [5.41, 5.74) is -1.74. The molecule has 0 saturated carbocycles. The van der Waals surface area contributed by atoms with Gasteiger partial charge in [-0.25, -0.2) is 19.0 Å². The highest BCUT2D eigenvalue weighted by Gasteiger charge is 2.36. The van der Waals surface area contributed by atoms with Crippen LogP contribution >= 0.6 is 0 Å². The molecule has 0 bridgehead atoms. The number of alkyl halides is 3. The number of likely N-dealkylation sites (tertiary alicyclic amines) is 1. The van der Waals surface area contributed by atoms with Gasteiger partial charge in [0, 0.05) is 44.5 Å². The average molecular weight is 528 g/mol. The summed E-state index contributed by atoms with van der Waals surface area (Å²) in [5, 5.41) is 0. The summed E-state index contributed by atoms with van der Waals surface area (Å²) in [6.45, 7) is 6.11. The van der Waals surface area contributed by atoms with Gasteiger partial charge in [-0.3, -0.25) is 0 Å². The fraction of sp³-hybridized carbons (Fsp3) is 0.480. The Morgan fingerprint density at radius 3 is 2.35 bits per heavy atom. The number of amides is 1. The summed E-state index contributed by atoms with van der Waals surface area (Å²) in [6.07, 6.45) is -3.10. The number of rotatable bonds is 5. The van der Waals surface area contributed by atoms with Gasteiger partial charge in [-0.15, -0.1) is 0 Å². The van der Waals surface area contributed by atoms with Gasteiger partial charge in [-0.1, -0.05) is 0 Å². The van der Waals surface area contributed by atoms with Gasteiger partial charge in [-0.05, 0) is 45.7 Å². The maximum atomic E-state index is 15.1. The molecule has 8 nitrogen and oxygen atoms in total. The van der Waals surface area contributed by atoms with Gasteiger partial charge in [0.25, 0.3) is 0 Å². The summed E-state index contributed by atoms with van der Waals surface area (Å²) in [6, 6.07) is 3.68. The second-order valence-corrected chi connectivity index (χ2v) is 9.56. The SMILES string of the molecule is COC(=O)c1cc(Oc2ncccc2C(F)(F)F)c(F)cc1N(C)C1CCN(C(=O)OC(C)(C)C)CC1. The standard InChI is InChI=1S/C25H29F4N3O5/c1-24(2,3)37-23(34)32-11-8-15(9-12-32)31(4)19-14-18(26)20(13-16(19)22(33)35-5)36-21-17(25(27,28)29)7-6-10-30-21/h6-7,10,13-15H,8-9,11-12H2,1-5H3. The molecule has 3 rings (SSSR count). The van der Waals surface area contributed by atoms with Crippen LogP contribution in [-0.4, -0.2) is 60.8 Å². The summed E-state index contributed by atoms with van der Waals surface area (Å²) in [5.74, 6) is -3.27. The highest BCUT2D eigenvalue weighted by Crippen LogP contribution is 2.39. The fourth-order valence-corrected chi connectivity index (χ4v) is 3.94. The van der Waals surface area contributed by atoms with E-state index in [9.17, 15) is 22.8 Å². The molecule has 0 aliphatic carbocycles. The highest BCUT2D eigenvalue weighted by molar-refractivity contribution is 5.96. The predicted molar refractivity (Wildman–Crippen MR) is 126 cm³/mol. The lowest BCUT2D eigenvalue weighted by Crippen LogP contribution is -2.47. The molecule has 202 valence electrons. The second-order valence-electron chi connectivity index (χ2n) is 9.56. The van der Waals surface area contributed by atoms with Gasteiger partial charge in [0.15, 0.2) is 11.6 Å². The highest BCUT2D eigenvalue weighted by atomic mass is 19.4. The third-order valence-corrected chi connectivity index (χ3v) is 5.78. The van der Waals surface area contributed by atoms with Crippen LogP contribution in [0.15, 0.2) is 30.5 Å². The lowest BCUT2D eigenvalue weighted by molar-refractivity contribution is -0.138. The smallest absolute Gasteiger partial charge is 0.421 e. The van der Waals surface area contributed by atoms with E-state index >= 15 is 4.39 Å². The van der Waals surface area contributed by atoms with Crippen molar-refractivity contribution in [3.63, 3.8) is 0 Å². The van der Waals surface area contributed by atoms with E-state index in [-0.39, 0.29) is 17.3 Å². The van der Waals surface area contributed by atoms with Gasteiger partial charge in [0.2, 0.25) is 5.88 Å². The lowest BCUT2D eigenvalue weighted by atomic mass is 10.0. The molecule has 0 atom stereocenters. The molecule has 1 aliphatic rings. The van der Waals surface area contributed by atoms with Crippen molar-refractivity contribution in [2.45, 2.75) is 51.4 Å². The monoisotopic (exact) mass is 527 g/mol. The molecule has 1 aromatic carbocycles. The van der Waals surface area contributed by atoms with Crippen molar-refractivity contribution in [2.24, 2.45) is 0 Å². The number of hydrogen-bond donors (Lipinski definition) is 0. The Balaban J connectivity index is 1.85. The molecule has 1 saturated heterocycles. The summed E-state index contributed by atoms with van der Waals surface area (Å²) in [7, 11) is 2.80. The van der Waals surface area contributed by atoms with Crippen molar-refractivity contribution < 1.29 is 41.4 Å². The maximum absolute atomic E-state index is 15.1. The minimum Gasteiger partial charge on any atom is -0.465 e. The number of methoxy groups -OCH3 is 1. The van der Waals surface area contributed by atoms with Crippen molar-refractivity contribution in [3.05, 3.63) is 47.4 Å². The van der Waals surface area contributed by atoms with E-state index in [4.69, 9.17) is 14.2 Å². The Kier molecular flexibility index (Phi) is 8.19. The number of ether oxygens (including phenoxy) is 3. The van der Waals surface area contributed by atoms with Crippen molar-refractivity contribution in [1.29, 1.82) is 0 Å². The molecule has 1 aromatic heterocycles. The molecule has 37 heavy (non-hydrogen) atoms. The zero-order valence-corrected chi connectivity index (χ0v) is 21.2.